The quantitative estimate of drug-likeness (QED) is 0.449. The lowest BCUT2D eigenvalue weighted by Crippen LogP contribution is -2.51. The topological polar surface area (TPSA) is 80.8 Å². The number of ether oxygens (including phenoxy) is 1. The highest BCUT2D eigenvalue weighted by atomic mass is 19.1. The molecule has 2 fully saturated rings. The number of ketones is 2. The van der Waals surface area contributed by atoms with Crippen molar-refractivity contribution in [2.45, 2.75) is 11.7 Å². The summed E-state index contributed by atoms with van der Waals surface area (Å²) in [7, 11) is 0. The number of halogens is 1. The van der Waals surface area contributed by atoms with Gasteiger partial charge in [-0.05, 0) is 23.8 Å². The minimum atomic E-state index is -2.14. The molecule has 2 heterocycles. The van der Waals surface area contributed by atoms with Gasteiger partial charge in [-0.2, -0.15) is 0 Å². The molecular formula is C26H16FNO5. The minimum absolute atomic E-state index is 0.0526. The third-order valence-corrected chi connectivity index (χ3v) is 6.71. The number of benzene rings is 3. The van der Waals surface area contributed by atoms with Crippen molar-refractivity contribution in [3.05, 3.63) is 101 Å². The first-order chi connectivity index (χ1) is 15.9. The largest absolute Gasteiger partial charge is 0.349 e. The van der Waals surface area contributed by atoms with Gasteiger partial charge in [0.25, 0.3) is 0 Å². The zero-order chi connectivity index (χ0) is 22.9. The summed E-state index contributed by atoms with van der Waals surface area (Å²) in [5, 5.41) is 0. The van der Waals surface area contributed by atoms with E-state index in [1.165, 1.54) is 30.3 Å². The van der Waals surface area contributed by atoms with Crippen LogP contribution in [0.25, 0.3) is 0 Å². The van der Waals surface area contributed by atoms with Crippen LogP contribution in [0.3, 0.4) is 0 Å². The molecule has 3 aromatic rings. The van der Waals surface area contributed by atoms with Crippen molar-refractivity contribution in [1.29, 1.82) is 0 Å². The van der Waals surface area contributed by atoms with Crippen LogP contribution in [0.4, 0.5) is 10.1 Å². The molecule has 7 heteroatoms. The third-order valence-electron chi connectivity index (χ3n) is 6.71. The Balaban J connectivity index is 1.56. The Morgan fingerprint density at radius 1 is 0.758 bits per heavy atom. The maximum absolute atomic E-state index is 13.9. The summed E-state index contributed by atoms with van der Waals surface area (Å²) < 4.78 is 20.1. The highest BCUT2D eigenvalue weighted by Gasteiger charge is 2.74. The fourth-order valence-electron chi connectivity index (χ4n) is 5.33. The molecule has 3 aromatic carbocycles. The number of carbonyl (C=O) groups excluding carboxylic acids is 4. The number of imide groups is 1. The third kappa shape index (κ3) is 2.45. The van der Waals surface area contributed by atoms with Crippen LogP contribution >= 0.6 is 0 Å². The average molecular weight is 441 g/mol. The number of rotatable bonds is 2. The van der Waals surface area contributed by atoms with E-state index >= 15 is 0 Å². The number of fused-ring (bicyclic) bond motifs is 3. The van der Waals surface area contributed by atoms with E-state index in [0.29, 0.717) is 5.56 Å². The van der Waals surface area contributed by atoms with E-state index in [4.69, 9.17) is 4.74 Å². The molecule has 0 bridgehead atoms. The van der Waals surface area contributed by atoms with E-state index < -0.39 is 52.7 Å². The smallest absolute Gasteiger partial charge is 0.241 e. The number of nitrogens with zero attached hydrogens (tertiary/aromatic N) is 1. The summed E-state index contributed by atoms with van der Waals surface area (Å²) >= 11 is 0. The molecule has 0 saturated carbocycles. The summed E-state index contributed by atoms with van der Waals surface area (Å²) in [4.78, 5) is 55.4. The van der Waals surface area contributed by atoms with Gasteiger partial charge in [-0.1, -0.05) is 60.7 Å². The first-order valence-corrected chi connectivity index (χ1v) is 10.5. The highest BCUT2D eigenvalue weighted by Crippen LogP contribution is 2.57. The number of Topliss-reactive ketones (excluding diaryl/α,β-unsaturated/α-hetero) is 2. The van der Waals surface area contributed by atoms with E-state index in [9.17, 15) is 23.6 Å². The number of hydrogen-bond donors (Lipinski definition) is 0. The van der Waals surface area contributed by atoms with Crippen molar-refractivity contribution in [1.82, 2.24) is 0 Å². The Hall–Kier alpha value is -3.97. The lowest BCUT2D eigenvalue weighted by molar-refractivity contribution is -0.127. The summed E-state index contributed by atoms with van der Waals surface area (Å²) in [6.07, 6.45) is -0.992. The van der Waals surface area contributed by atoms with Crippen molar-refractivity contribution in [2.75, 3.05) is 4.90 Å². The van der Waals surface area contributed by atoms with Crippen LogP contribution in [0.2, 0.25) is 0 Å². The van der Waals surface area contributed by atoms with Crippen LogP contribution in [-0.2, 0) is 14.3 Å². The van der Waals surface area contributed by atoms with Gasteiger partial charge in [-0.25, -0.2) is 9.29 Å². The Kier molecular flexibility index (Phi) is 4.04. The minimum Gasteiger partial charge on any atom is -0.349 e. The molecule has 3 atom stereocenters. The average Bonchev–Trinajstić information content (AvgIpc) is 3.40. The van der Waals surface area contributed by atoms with Crippen molar-refractivity contribution in [3.63, 3.8) is 0 Å². The molecule has 2 amide bonds. The predicted molar refractivity (Wildman–Crippen MR) is 114 cm³/mol. The molecule has 2 saturated heterocycles. The Morgan fingerprint density at radius 2 is 1.39 bits per heavy atom. The van der Waals surface area contributed by atoms with Crippen molar-refractivity contribution >= 4 is 29.1 Å². The summed E-state index contributed by atoms with van der Waals surface area (Å²) in [5.41, 5.74) is -1.18. The van der Waals surface area contributed by atoms with Gasteiger partial charge >= 0.3 is 0 Å². The zero-order valence-corrected chi connectivity index (χ0v) is 17.1. The number of carbonyl (C=O) groups is 4. The maximum Gasteiger partial charge on any atom is 0.241 e. The summed E-state index contributed by atoms with van der Waals surface area (Å²) in [6, 6.07) is 20.1. The molecule has 1 aliphatic carbocycles. The molecule has 33 heavy (non-hydrogen) atoms. The molecule has 0 N–H and O–H groups in total. The molecule has 6 nitrogen and oxygen atoms in total. The van der Waals surface area contributed by atoms with Gasteiger partial charge in [0, 0.05) is 11.1 Å². The van der Waals surface area contributed by atoms with Crippen LogP contribution < -0.4 is 4.90 Å². The Bertz CT molecular complexity index is 1330. The zero-order valence-electron chi connectivity index (χ0n) is 17.1. The van der Waals surface area contributed by atoms with Crippen LogP contribution in [-0.4, -0.2) is 29.0 Å². The van der Waals surface area contributed by atoms with Gasteiger partial charge in [0.1, 0.15) is 5.82 Å². The highest BCUT2D eigenvalue weighted by molar-refractivity contribution is 6.37. The molecule has 0 unspecified atom stereocenters. The number of amides is 2. The second-order valence-corrected chi connectivity index (χ2v) is 8.38. The lowest BCUT2D eigenvalue weighted by atomic mass is 9.77. The van der Waals surface area contributed by atoms with Gasteiger partial charge in [-0.15, -0.1) is 0 Å². The normalized spacial score (nSPS) is 25.1. The molecule has 162 valence electrons. The SMILES string of the molecule is O=C1[C@@H]2[C@@H](C(=O)N1c1cccc(F)c1)C1(O[C@H]2c2ccccc2)C(=O)c2ccccc2C1=O. The monoisotopic (exact) mass is 441 g/mol. The van der Waals surface area contributed by atoms with E-state index in [0.717, 1.165) is 11.0 Å². The van der Waals surface area contributed by atoms with E-state index in [1.807, 2.05) is 0 Å². The molecule has 6 rings (SSSR count). The van der Waals surface area contributed by atoms with Gasteiger partial charge in [0.15, 0.2) is 0 Å². The first kappa shape index (κ1) is 19.7. The van der Waals surface area contributed by atoms with Gasteiger partial charge in [0.2, 0.25) is 29.0 Å². The maximum atomic E-state index is 13.9. The van der Waals surface area contributed by atoms with Gasteiger partial charge in [-0.3, -0.25) is 19.2 Å². The van der Waals surface area contributed by atoms with Crippen LogP contribution in [0, 0.1) is 17.7 Å². The number of hydrogen-bond acceptors (Lipinski definition) is 5. The van der Waals surface area contributed by atoms with Crippen molar-refractivity contribution in [3.8, 4) is 0 Å². The molecule has 3 aliphatic rings. The predicted octanol–water partition coefficient (Wildman–Crippen LogP) is 3.52. The Labute approximate surface area is 187 Å². The summed E-state index contributed by atoms with van der Waals surface area (Å²) in [5.74, 6) is -5.70. The second kappa shape index (κ2) is 6.76. The molecule has 0 aromatic heterocycles. The molecular weight excluding hydrogens is 425 g/mol. The lowest BCUT2D eigenvalue weighted by Gasteiger charge is -2.27. The van der Waals surface area contributed by atoms with Crippen molar-refractivity contribution < 1.29 is 28.3 Å². The number of anilines is 1. The van der Waals surface area contributed by atoms with Gasteiger partial charge < -0.3 is 4.74 Å². The Morgan fingerprint density at radius 3 is 2.03 bits per heavy atom. The molecule has 1 spiro atoms. The first-order valence-electron chi connectivity index (χ1n) is 10.5. The standard InChI is InChI=1S/C26H16FNO5/c27-15-9-6-10-16(13-15)28-24(31)19-20(25(28)32)26(33-21(19)14-7-2-1-3-8-14)22(29)17-11-4-5-12-18(17)23(26)30/h1-13,19-21H/t19-,20+,21+/m1/s1. The van der Waals surface area contributed by atoms with Crippen LogP contribution in [0.1, 0.15) is 32.4 Å². The second-order valence-electron chi connectivity index (χ2n) is 8.38. The molecule has 2 aliphatic heterocycles. The molecule has 0 radical (unpaired) electrons. The fraction of sp³-hybridized carbons (Fsp3) is 0.154. The van der Waals surface area contributed by atoms with E-state index in [-0.39, 0.29) is 16.8 Å². The van der Waals surface area contributed by atoms with E-state index in [1.54, 1.807) is 42.5 Å². The fourth-order valence-corrected chi connectivity index (χ4v) is 5.33. The van der Waals surface area contributed by atoms with Gasteiger partial charge in [0.05, 0.1) is 23.6 Å². The van der Waals surface area contributed by atoms with E-state index in [2.05, 4.69) is 0 Å². The van der Waals surface area contributed by atoms with Crippen molar-refractivity contribution in [2.24, 2.45) is 11.8 Å². The van der Waals surface area contributed by atoms with Crippen LogP contribution in [0.5, 0.6) is 0 Å². The summed E-state index contributed by atoms with van der Waals surface area (Å²) in [6.45, 7) is 0. The van der Waals surface area contributed by atoms with Crippen LogP contribution in [0.15, 0.2) is 78.9 Å².